The van der Waals surface area contributed by atoms with Crippen LogP contribution in [0.1, 0.15) is 18.9 Å². The summed E-state index contributed by atoms with van der Waals surface area (Å²) in [6.45, 7) is 0. The van der Waals surface area contributed by atoms with Crippen molar-refractivity contribution in [2.45, 2.75) is 29.2 Å². The highest BCUT2D eigenvalue weighted by atomic mass is 32.2. The quantitative estimate of drug-likeness (QED) is 0.428. The van der Waals surface area contributed by atoms with Crippen molar-refractivity contribution in [1.29, 1.82) is 0 Å². The molecule has 1 aliphatic carbocycles. The van der Waals surface area contributed by atoms with Gasteiger partial charge in [0.1, 0.15) is 5.39 Å². The number of hydrogen-bond acceptors (Lipinski definition) is 7. The lowest BCUT2D eigenvalue weighted by atomic mass is 10.3. The van der Waals surface area contributed by atoms with Gasteiger partial charge in [-0.3, -0.25) is 14.3 Å². The van der Waals surface area contributed by atoms with E-state index >= 15 is 0 Å². The number of H-pyrrole nitrogens is 1. The van der Waals surface area contributed by atoms with Gasteiger partial charge in [0.05, 0.1) is 11.9 Å². The Kier molecular flexibility index (Phi) is 4.17. The van der Waals surface area contributed by atoms with E-state index in [9.17, 15) is 4.79 Å². The second kappa shape index (κ2) is 7.17. The van der Waals surface area contributed by atoms with Crippen LogP contribution in [0.15, 0.2) is 76.2 Å². The molecule has 152 valence electrons. The molecule has 0 radical (unpaired) electrons. The number of para-hydroxylation sites is 1. The summed E-state index contributed by atoms with van der Waals surface area (Å²) in [4.78, 5) is 24.4. The van der Waals surface area contributed by atoms with E-state index in [2.05, 4.69) is 34.8 Å². The number of nitrogens with zero attached hydrogens (tertiary/aromatic N) is 7. The number of pyridine rings is 1. The molecule has 0 aliphatic heterocycles. The molecule has 0 unspecified atom stereocenters. The van der Waals surface area contributed by atoms with Crippen molar-refractivity contribution in [3.63, 3.8) is 0 Å². The maximum absolute atomic E-state index is 12.7. The Labute approximate surface area is 180 Å². The first-order valence-electron chi connectivity index (χ1n) is 9.84. The fourth-order valence-electron chi connectivity index (χ4n) is 3.49. The molecule has 0 bridgehead atoms. The molecule has 1 aliphatic rings. The topological polar surface area (TPSA) is 107 Å². The maximum atomic E-state index is 12.7. The van der Waals surface area contributed by atoms with Crippen LogP contribution in [-0.2, 0) is 0 Å². The van der Waals surface area contributed by atoms with Crippen molar-refractivity contribution in [3.8, 4) is 17.1 Å². The van der Waals surface area contributed by atoms with Gasteiger partial charge in [-0.15, -0.1) is 10.2 Å². The van der Waals surface area contributed by atoms with Gasteiger partial charge in [0.2, 0.25) is 0 Å². The van der Waals surface area contributed by atoms with E-state index in [1.54, 1.807) is 17.1 Å². The van der Waals surface area contributed by atoms with Gasteiger partial charge in [0.15, 0.2) is 21.8 Å². The van der Waals surface area contributed by atoms with Gasteiger partial charge in [-0.25, -0.2) is 9.67 Å². The van der Waals surface area contributed by atoms with Crippen LogP contribution in [0.5, 0.6) is 0 Å². The monoisotopic (exact) mass is 428 g/mol. The predicted molar refractivity (Wildman–Crippen MR) is 115 cm³/mol. The zero-order chi connectivity index (χ0) is 20.8. The van der Waals surface area contributed by atoms with Gasteiger partial charge in [0.25, 0.3) is 5.56 Å². The van der Waals surface area contributed by atoms with Crippen LogP contribution in [0.25, 0.3) is 28.1 Å². The molecule has 4 aromatic heterocycles. The molecule has 10 heteroatoms. The van der Waals surface area contributed by atoms with Crippen molar-refractivity contribution in [2.24, 2.45) is 0 Å². The van der Waals surface area contributed by atoms with E-state index in [1.165, 1.54) is 18.0 Å². The van der Waals surface area contributed by atoms with Crippen LogP contribution < -0.4 is 5.56 Å². The molecular weight excluding hydrogens is 412 g/mol. The second-order valence-electron chi connectivity index (χ2n) is 7.25. The van der Waals surface area contributed by atoms with E-state index in [4.69, 9.17) is 0 Å². The molecule has 0 saturated heterocycles. The average Bonchev–Trinajstić information content (AvgIpc) is 3.41. The second-order valence-corrected chi connectivity index (χ2v) is 8.21. The SMILES string of the molecule is O=c1[nH]c(Sc2nnc(-c3cccnc3)n2C2CC2)nc2c1cnn2-c1ccccc1. The van der Waals surface area contributed by atoms with E-state index in [0.29, 0.717) is 27.4 Å². The van der Waals surface area contributed by atoms with Crippen LogP contribution in [-0.4, -0.2) is 39.5 Å². The lowest BCUT2D eigenvalue weighted by Gasteiger charge is -2.08. The zero-order valence-corrected chi connectivity index (χ0v) is 17.0. The third kappa shape index (κ3) is 3.21. The largest absolute Gasteiger partial charge is 0.300 e. The highest BCUT2D eigenvalue weighted by Crippen LogP contribution is 2.41. The number of benzene rings is 1. The molecule has 1 aromatic carbocycles. The molecule has 0 spiro atoms. The van der Waals surface area contributed by atoms with E-state index < -0.39 is 0 Å². The van der Waals surface area contributed by atoms with Gasteiger partial charge >= 0.3 is 0 Å². The number of hydrogen-bond donors (Lipinski definition) is 1. The fraction of sp³-hybridized carbons (Fsp3) is 0.143. The minimum absolute atomic E-state index is 0.236. The van der Waals surface area contributed by atoms with Gasteiger partial charge in [-0.1, -0.05) is 18.2 Å². The molecule has 5 aromatic rings. The van der Waals surface area contributed by atoms with E-state index in [1.807, 2.05) is 42.5 Å². The zero-order valence-electron chi connectivity index (χ0n) is 16.2. The Morgan fingerprint density at radius 1 is 1.03 bits per heavy atom. The predicted octanol–water partition coefficient (Wildman–Crippen LogP) is 3.25. The molecule has 1 saturated carbocycles. The Hall–Kier alpha value is -3.79. The third-order valence-electron chi connectivity index (χ3n) is 5.10. The van der Waals surface area contributed by atoms with E-state index in [-0.39, 0.29) is 5.56 Å². The number of rotatable bonds is 5. The minimum atomic E-state index is -0.236. The summed E-state index contributed by atoms with van der Waals surface area (Å²) in [5, 5.41) is 14.7. The van der Waals surface area contributed by atoms with Crippen molar-refractivity contribution in [3.05, 3.63) is 71.4 Å². The number of aromatic nitrogens is 8. The minimum Gasteiger partial charge on any atom is -0.300 e. The van der Waals surface area contributed by atoms with Crippen LogP contribution in [0.2, 0.25) is 0 Å². The van der Waals surface area contributed by atoms with Crippen molar-refractivity contribution >= 4 is 22.8 Å². The van der Waals surface area contributed by atoms with E-state index in [0.717, 1.165) is 29.9 Å². The Bertz CT molecular complexity index is 1440. The normalized spacial score (nSPS) is 13.7. The Morgan fingerprint density at radius 3 is 2.68 bits per heavy atom. The smallest absolute Gasteiger partial charge is 0.262 e. The number of aromatic amines is 1. The summed E-state index contributed by atoms with van der Waals surface area (Å²) in [7, 11) is 0. The van der Waals surface area contributed by atoms with Crippen molar-refractivity contribution < 1.29 is 0 Å². The van der Waals surface area contributed by atoms with Gasteiger partial charge in [-0.05, 0) is 48.9 Å². The molecule has 9 nitrogen and oxygen atoms in total. The maximum Gasteiger partial charge on any atom is 0.262 e. The summed E-state index contributed by atoms with van der Waals surface area (Å²) in [5.74, 6) is 0.774. The van der Waals surface area contributed by atoms with Crippen molar-refractivity contribution in [2.75, 3.05) is 0 Å². The molecule has 0 amide bonds. The van der Waals surface area contributed by atoms with Gasteiger partial charge in [0, 0.05) is 24.0 Å². The fourth-order valence-corrected chi connectivity index (χ4v) is 4.36. The summed E-state index contributed by atoms with van der Waals surface area (Å²) < 4.78 is 3.78. The number of fused-ring (bicyclic) bond motifs is 1. The molecule has 0 atom stereocenters. The van der Waals surface area contributed by atoms with Crippen LogP contribution >= 0.6 is 11.8 Å². The average molecular weight is 428 g/mol. The molecule has 4 heterocycles. The third-order valence-corrected chi connectivity index (χ3v) is 5.95. The first-order valence-corrected chi connectivity index (χ1v) is 10.7. The molecular formula is C21H16N8OS. The molecule has 1 N–H and O–H groups in total. The first-order chi connectivity index (χ1) is 15.3. The standard InChI is InChI=1S/C21H16N8OS/c30-19-16-12-23-29(15-6-2-1-3-7-15)18(16)24-20(25-19)31-21-27-26-17(28(21)14-8-9-14)13-5-4-10-22-11-13/h1-7,10-12,14H,8-9H2,(H,24,25,30). The molecule has 31 heavy (non-hydrogen) atoms. The van der Waals surface area contributed by atoms with Gasteiger partial charge in [-0.2, -0.15) is 5.10 Å². The summed E-state index contributed by atoms with van der Waals surface area (Å²) in [6.07, 6.45) is 7.19. The van der Waals surface area contributed by atoms with Crippen LogP contribution in [0.3, 0.4) is 0 Å². The Morgan fingerprint density at radius 2 is 1.90 bits per heavy atom. The summed E-state index contributed by atoms with van der Waals surface area (Å²) in [5.41, 5.74) is 2.02. The summed E-state index contributed by atoms with van der Waals surface area (Å²) >= 11 is 1.30. The first kappa shape index (κ1) is 18.0. The molecule has 1 fully saturated rings. The lowest BCUT2D eigenvalue weighted by molar-refractivity contribution is 0.667. The highest BCUT2D eigenvalue weighted by Gasteiger charge is 2.30. The Balaban J connectivity index is 1.43. The lowest BCUT2D eigenvalue weighted by Crippen LogP contribution is -2.10. The molecule has 6 rings (SSSR count). The van der Waals surface area contributed by atoms with Crippen LogP contribution in [0.4, 0.5) is 0 Å². The van der Waals surface area contributed by atoms with Gasteiger partial charge < -0.3 is 4.98 Å². The van der Waals surface area contributed by atoms with Crippen LogP contribution in [0, 0.1) is 0 Å². The van der Waals surface area contributed by atoms with Crippen molar-refractivity contribution in [1.82, 2.24) is 39.5 Å². The summed E-state index contributed by atoms with van der Waals surface area (Å²) in [6, 6.07) is 13.8. The highest BCUT2D eigenvalue weighted by molar-refractivity contribution is 7.99. The number of nitrogens with one attached hydrogen (secondary N) is 1.